The molecule has 1 heterocycles. The van der Waals surface area contributed by atoms with E-state index in [0.29, 0.717) is 17.1 Å². The number of rotatable bonds is 4. The van der Waals surface area contributed by atoms with Crippen molar-refractivity contribution in [3.63, 3.8) is 0 Å². The standard InChI is InChI=1S/C18H15F3O4/c1-2-12(17(22)23)10-3-5-13(14(7-10)18(19,20)21)11-4-6-15-16(8-11)25-9-24-15/h3-8,12H,2,9H2,1H3,(H,22,23). The van der Waals surface area contributed by atoms with Crippen LogP contribution in [0.2, 0.25) is 0 Å². The quantitative estimate of drug-likeness (QED) is 0.868. The van der Waals surface area contributed by atoms with Crippen LogP contribution in [-0.2, 0) is 11.0 Å². The van der Waals surface area contributed by atoms with Gasteiger partial charge in [0.05, 0.1) is 11.5 Å². The largest absolute Gasteiger partial charge is 0.481 e. The van der Waals surface area contributed by atoms with Crippen LogP contribution in [0.3, 0.4) is 0 Å². The molecule has 7 heteroatoms. The minimum atomic E-state index is -4.61. The lowest BCUT2D eigenvalue weighted by atomic mass is 9.90. The summed E-state index contributed by atoms with van der Waals surface area (Å²) >= 11 is 0. The molecule has 0 amide bonds. The second kappa shape index (κ2) is 6.31. The number of halogens is 3. The van der Waals surface area contributed by atoms with Crippen molar-refractivity contribution in [2.24, 2.45) is 0 Å². The van der Waals surface area contributed by atoms with Crippen LogP contribution in [-0.4, -0.2) is 17.9 Å². The van der Waals surface area contributed by atoms with Crippen molar-refractivity contribution in [3.8, 4) is 22.6 Å². The van der Waals surface area contributed by atoms with Crippen LogP contribution in [0.25, 0.3) is 11.1 Å². The van der Waals surface area contributed by atoms with E-state index in [1.165, 1.54) is 24.3 Å². The number of hydrogen-bond acceptors (Lipinski definition) is 3. The number of ether oxygens (including phenoxy) is 2. The minimum Gasteiger partial charge on any atom is -0.481 e. The SMILES string of the molecule is CCC(C(=O)O)c1ccc(-c2ccc3c(c2)OCO3)c(C(F)(F)F)c1. The Morgan fingerprint density at radius 1 is 1.16 bits per heavy atom. The van der Waals surface area contributed by atoms with Gasteiger partial charge in [0.1, 0.15) is 0 Å². The van der Waals surface area contributed by atoms with Crippen molar-refractivity contribution in [2.75, 3.05) is 6.79 Å². The number of carbonyl (C=O) groups is 1. The number of carboxylic acid groups (broad SMARTS) is 1. The summed E-state index contributed by atoms with van der Waals surface area (Å²) in [6, 6.07) is 8.21. The van der Waals surface area contributed by atoms with E-state index in [1.807, 2.05) is 0 Å². The molecule has 3 rings (SSSR count). The summed E-state index contributed by atoms with van der Waals surface area (Å²) in [7, 11) is 0. The molecule has 1 unspecified atom stereocenters. The van der Waals surface area contributed by atoms with Gasteiger partial charge in [-0.3, -0.25) is 4.79 Å². The fraction of sp³-hybridized carbons (Fsp3) is 0.278. The molecule has 25 heavy (non-hydrogen) atoms. The lowest BCUT2D eigenvalue weighted by Crippen LogP contribution is -2.13. The maximum Gasteiger partial charge on any atom is 0.417 e. The highest BCUT2D eigenvalue weighted by Crippen LogP contribution is 2.42. The monoisotopic (exact) mass is 352 g/mol. The van der Waals surface area contributed by atoms with Gasteiger partial charge in [0, 0.05) is 0 Å². The molecule has 0 saturated heterocycles. The van der Waals surface area contributed by atoms with Crippen LogP contribution in [0.5, 0.6) is 11.5 Å². The maximum atomic E-state index is 13.6. The lowest BCUT2D eigenvalue weighted by Gasteiger charge is -2.17. The number of carboxylic acids is 1. The van der Waals surface area contributed by atoms with Gasteiger partial charge < -0.3 is 14.6 Å². The number of alkyl halides is 3. The zero-order valence-electron chi connectivity index (χ0n) is 13.3. The van der Waals surface area contributed by atoms with E-state index in [1.54, 1.807) is 13.0 Å². The van der Waals surface area contributed by atoms with Gasteiger partial charge in [-0.25, -0.2) is 0 Å². The van der Waals surface area contributed by atoms with Crippen LogP contribution < -0.4 is 9.47 Å². The van der Waals surface area contributed by atoms with Crippen molar-refractivity contribution in [2.45, 2.75) is 25.4 Å². The van der Waals surface area contributed by atoms with E-state index in [0.717, 1.165) is 6.07 Å². The maximum absolute atomic E-state index is 13.6. The second-order valence-corrected chi connectivity index (χ2v) is 5.67. The Kier molecular flexibility index (Phi) is 4.32. The number of fused-ring (bicyclic) bond motifs is 1. The van der Waals surface area contributed by atoms with Gasteiger partial charge >= 0.3 is 12.1 Å². The van der Waals surface area contributed by atoms with Gasteiger partial charge in [0.15, 0.2) is 11.5 Å². The zero-order valence-corrected chi connectivity index (χ0v) is 13.3. The molecule has 1 aliphatic rings. The van der Waals surface area contributed by atoms with E-state index >= 15 is 0 Å². The highest BCUT2D eigenvalue weighted by atomic mass is 19.4. The molecule has 0 spiro atoms. The Morgan fingerprint density at radius 3 is 2.52 bits per heavy atom. The Morgan fingerprint density at radius 2 is 1.88 bits per heavy atom. The summed E-state index contributed by atoms with van der Waals surface area (Å²) in [6.07, 6.45) is -4.41. The summed E-state index contributed by atoms with van der Waals surface area (Å²) in [5.41, 5.74) is -0.448. The average Bonchev–Trinajstić information content (AvgIpc) is 3.01. The van der Waals surface area contributed by atoms with Gasteiger partial charge in [0.2, 0.25) is 6.79 Å². The van der Waals surface area contributed by atoms with Crippen molar-refractivity contribution in [1.29, 1.82) is 0 Å². The predicted molar refractivity (Wildman–Crippen MR) is 83.7 cm³/mol. The molecule has 0 saturated carbocycles. The van der Waals surface area contributed by atoms with Crippen LogP contribution >= 0.6 is 0 Å². The van der Waals surface area contributed by atoms with Crippen LogP contribution in [0.4, 0.5) is 13.2 Å². The lowest BCUT2D eigenvalue weighted by molar-refractivity contribution is -0.140. The van der Waals surface area contributed by atoms with Gasteiger partial charge in [0.25, 0.3) is 0 Å². The van der Waals surface area contributed by atoms with Gasteiger partial charge in [-0.1, -0.05) is 25.1 Å². The van der Waals surface area contributed by atoms with Gasteiger partial charge in [-0.05, 0) is 41.3 Å². The molecular weight excluding hydrogens is 337 g/mol. The van der Waals surface area contributed by atoms with Crippen LogP contribution in [0, 0.1) is 0 Å². The topological polar surface area (TPSA) is 55.8 Å². The molecule has 0 bridgehead atoms. The molecule has 0 radical (unpaired) electrons. The zero-order chi connectivity index (χ0) is 18.2. The first-order valence-corrected chi connectivity index (χ1v) is 7.65. The number of benzene rings is 2. The third kappa shape index (κ3) is 3.26. The van der Waals surface area contributed by atoms with Crippen molar-refractivity contribution in [1.82, 2.24) is 0 Å². The normalized spacial score (nSPS) is 14.4. The molecule has 0 aliphatic carbocycles. The Hall–Kier alpha value is -2.70. The molecule has 0 fully saturated rings. The first kappa shape index (κ1) is 17.1. The van der Waals surface area contributed by atoms with Gasteiger partial charge in [-0.15, -0.1) is 0 Å². The van der Waals surface area contributed by atoms with E-state index in [9.17, 15) is 23.1 Å². The highest BCUT2D eigenvalue weighted by molar-refractivity contribution is 5.78. The summed E-state index contributed by atoms with van der Waals surface area (Å²) in [5, 5.41) is 9.20. The smallest absolute Gasteiger partial charge is 0.417 e. The molecule has 1 N–H and O–H groups in total. The van der Waals surface area contributed by atoms with E-state index in [2.05, 4.69) is 0 Å². The molecule has 1 aliphatic heterocycles. The number of aliphatic carboxylic acids is 1. The fourth-order valence-corrected chi connectivity index (χ4v) is 2.88. The van der Waals surface area contributed by atoms with Crippen molar-refractivity contribution < 1.29 is 32.5 Å². The molecule has 2 aromatic rings. The Balaban J connectivity index is 2.12. The minimum absolute atomic E-state index is 0.0284. The average molecular weight is 352 g/mol. The Bertz CT molecular complexity index is 814. The highest BCUT2D eigenvalue weighted by Gasteiger charge is 2.35. The Labute approximate surface area is 141 Å². The third-order valence-electron chi connectivity index (χ3n) is 4.14. The predicted octanol–water partition coefficient (Wildman–Crippen LogP) is 4.68. The third-order valence-corrected chi connectivity index (χ3v) is 4.14. The van der Waals surface area contributed by atoms with Crippen molar-refractivity contribution in [3.05, 3.63) is 47.5 Å². The van der Waals surface area contributed by atoms with E-state index in [4.69, 9.17) is 9.47 Å². The second-order valence-electron chi connectivity index (χ2n) is 5.67. The van der Waals surface area contributed by atoms with Crippen molar-refractivity contribution >= 4 is 5.97 Å². The summed E-state index contributed by atoms with van der Waals surface area (Å²) in [4.78, 5) is 11.3. The molecule has 0 aromatic heterocycles. The molecular formula is C18H15F3O4. The summed E-state index contributed by atoms with van der Waals surface area (Å²) in [6.45, 7) is 1.65. The van der Waals surface area contributed by atoms with Gasteiger partial charge in [-0.2, -0.15) is 13.2 Å². The molecule has 2 aromatic carbocycles. The molecule has 4 nitrogen and oxygen atoms in total. The summed E-state index contributed by atoms with van der Waals surface area (Å²) < 4.78 is 51.0. The first-order valence-electron chi connectivity index (χ1n) is 7.65. The first-order chi connectivity index (χ1) is 11.8. The van der Waals surface area contributed by atoms with Crippen LogP contribution in [0.1, 0.15) is 30.4 Å². The van der Waals surface area contributed by atoms with E-state index in [-0.39, 0.29) is 24.3 Å². The summed E-state index contributed by atoms with van der Waals surface area (Å²) in [5.74, 6) is -1.27. The van der Waals surface area contributed by atoms with E-state index < -0.39 is 23.6 Å². The molecule has 132 valence electrons. The number of hydrogen-bond donors (Lipinski definition) is 1. The fourth-order valence-electron chi connectivity index (χ4n) is 2.88. The van der Waals surface area contributed by atoms with Crippen LogP contribution in [0.15, 0.2) is 36.4 Å². The molecule has 1 atom stereocenters.